The molecule has 0 bridgehead atoms. The first-order valence-electron chi connectivity index (χ1n) is 5.48. The monoisotopic (exact) mass is 277 g/mol. The molecule has 0 aromatic heterocycles. The van der Waals surface area contributed by atoms with Gasteiger partial charge in [0.15, 0.2) is 0 Å². The molecule has 0 saturated carbocycles. The molecule has 1 atom stereocenters. The first-order valence-corrected chi connectivity index (χ1v) is 5.48. The zero-order chi connectivity index (χ0) is 14.5. The highest BCUT2D eigenvalue weighted by atomic mass is 19.4. The summed E-state index contributed by atoms with van der Waals surface area (Å²) in [5.74, 6) is -1.42. The Morgan fingerprint density at radius 3 is 2.63 bits per heavy atom. The summed E-state index contributed by atoms with van der Waals surface area (Å²) in [4.78, 5) is 11.3. The van der Waals surface area contributed by atoms with Gasteiger partial charge in [0, 0.05) is 6.54 Å². The van der Waals surface area contributed by atoms with E-state index in [1.807, 2.05) is 0 Å². The fraction of sp³-hybridized carbons (Fsp3) is 0.417. The third-order valence-corrected chi connectivity index (χ3v) is 2.43. The molecule has 0 spiro atoms. The molecule has 1 aromatic rings. The molecule has 0 fully saturated rings. The van der Waals surface area contributed by atoms with Gasteiger partial charge in [0.25, 0.3) is 0 Å². The van der Waals surface area contributed by atoms with Crippen molar-refractivity contribution >= 4 is 5.97 Å². The van der Waals surface area contributed by atoms with E-state index in [4.69, 9.17) is 5.73 Å². The van der Waals surface area contributed by atoms with Crippen LogP contribution < -0.4 is 10.5 Å². The van der Waals surface area contributed by atoms with Gasteiger partial charge in [0.1, 0.15) is 5.75 Å². The number of rotatable bonds is 5. The Balaban J connectivity index is 2.79. The number of methoxy groups -OCH3 is 1. The molecule has 7 heteroatoms. The van der Waals surface area contributed by atoms with Gasteiger partial charge in [-0.1, -0.05) is 12.1 Å². The van der Waals surface area contributed by atoms with Crippen LogP contribution in [0.5, 0.6) is 5.75 Å². The predicted molar refractivity (Wildman–Crippen MR) is 61.4 cm³/mol. The zero-order valence-electron chi connectivity index (χ0n) is 10.2. The highest BCUT2D eigenvalue weighted by Gasteiger charge is 2.31. The molecule has 0 radical (unpaired) electrons. The molecule has 0 saturated heterocycles. The first-order chi connectivity index (χ1) is 8.85. The Morgan fingerprint density at radius 1 is 1.42 bits per heavy atom. The summed E-state index contributed by atoms with van der Waals surface area (Å²) in [5.41, 5.74) is 5.94. The van der Waals surface area contributed by atoms with E-state index in [1.54, 1.807) is 6.07 Å². The second-order valence-corrected chi connectivity index (χ2v) is 3.86. The second-order valence-electron chi connectivity index (χ2n) is 3.86. The summed E-state index contributed by atoms with van der Waals surface area (Å²) in [7, 11) is 1.23. The number of hydrogen-bond donors (Lipinski definition) is 1. The Labute approximate surface area is 108 Å². The van der Waals surface area contributed by atoms with Crippen LogP contribution in [0.4, 0.5) is 13.2 Å². The highest BCUT2D eigenvalue weighted by molar-refractivity contribution is 5.72. The van der Waals surface area contributed by atoms with Crippen LogP contribution in [0, 0.1) is 5.92 Å². The van der Waals surface area contributed by atoms with E-state index in [-0.39, 0.29) is 18.7 Å². The third-order valence-electron chi connectivity index (χ3n) is 2.43. The molecule has 2 N–H and O–H groups in total. The number of carbonyl (C=O) groups is 1. The number of benzene rings is 1. The van der Waals surface area contributed by atoms with E-state index >= 15 is 0 Å². The van der Waals surface area contributed by atoms with Crippen LogP contribution in [0.1, 0.15) is 5.56 Å². The normalized spacial score (nSPS) is 12.9. The molecule has 0 heterocycles. The summed E-state index contributed by atoms with van der Waals surface area (Å²) in [6.45, 7) is 0.0526. The molecule has 0 aliphatic heterocycles. The van der Waals surface area contributed by atoms with Crippen molar-refractivity contribution in [2.75, 3.05) is 13.7 Å². The minimum atomic E-state index is -4.74. The number of alkyl halides is 3. The van der Waals surface area contributed by atoms with E-state index in [9.17, 15) is 18.0 Å². The Morgan fingerprint density at radius 2 is 2.11 bits per heavy atom. The van der Waals surface area contributed by atoms with Crippen molar-refractivity contribution < 1.29 is 27.4 Å². The molecular weight excluding hydrogens is 263 g/mol. The van der Waals surface area contributed by atoms with Crippen molar-refractivity contribution in [2.45, 2.75) is 12.8 Å². The fourth-order valence-electron chi connectivity index (χ4n) is 1.58. The van der Waals surface area contributed by atoms with Crippen LogP contribution in [0.3, 0.4) is 0 Å². The van der Waals surface area contributed by atoms with Gasteiger partial charge < -0.3 is 15.2 Å². The van der Waals surface area contributed by atoms with Crippen molar-refractivity contribution in [1.29, 1.82) is 0 Å². The van der Waals surface area contributed by atoms with Crippen LogP contribution in [0.2, 0.25) is 0 Å². The maximum Gasteiger partial charge on any atom is 0.573 e. The predicted octanol–water partition coefficient (Wildman–Crippen LogP) is 1.88. The van der Waals surface area contributed by atoms with Gasteiger partial charge in [-0.3, -0.25) is 4.79 Å². The number of nitrogens with two attached hydrogens (primary N) is 1. The lowest BCUT2D eigenvalue weighted by atomic mass is 9.99. The fourth-order valence-corrected chi connectivity index (χ4v) is 1.58. The van der Waals surface area contributed by atoms with E-state index in [1.165, 1.54) is 25.3 Å². The maximum atomic E-state index is 12.1. The average Bonchev–Trinajstić information content (AvgIpc) is 2.33. The standard InChI is InChI=1S/C12H14F3NO3/c1-18-11(17)9(7-16)5-8-3-2-4-10(6-8)19-12(13,14)15/h2-4,6,9H,5,7,16H2,1H3. The molecule has 0 aliphatic carbocycles. The highest BCUT2D eigenvalue weighted by Crippen LogP contribution is 2.24. The summed E-state index contributed by atoms with van der Waals surface area (Å²) < 4.78 is 44.6. The topological polar surface area (TPSA) is 61.5 Å². The lowest BCUT2D eigenvalue weighted by Gasteiger charge is -2.13. The van der Waals surface area contributed by atoms with Gasteiger partial charge in [-0.25, -0.2) is 0 Å². The van der Waals surface area contributed by atoms with Crippen LogP contribution in [0.15, 0.2) is 24.3 Å². The van der Waals surface area contributed by atoms with Crippen molar-refractivity contribution in [3.8, 4) is 5.75 Å². The van der Waals surface area contributed by atoms with Crippen LogP contribution >= 0.6 is 0 Å². The van der Waals surface area contributed by atoms with Crippen LogP contribution in [0.25, 0.3) is 0 Å². The molecule has 0 aliphatic rings. The van der Waals surface area contributed by atoms with Crippen molar-refractivity contribution in [3.63, 3.8) is 0 Å². The van der Waals surface area contributed by atoms with Crippen molar-refractivity contribution in [1.82, 2.24) is 0 Å². The molecular formula is C12H14F3NO3. The van der Waals surface area contributed by atoms with E-state index in [0.29, 0.717) is 5.56 Å². The van der Waals surface area contributed by atoms with Gasteiger partial charge in [-0.2, -0.15) is 0 Å². The van der Waals surface area contributed by atoms with E-state index < -0.39 is 18.2 Å². The quantitative estimate of drug-likeness (QED) is 0.835. The Kier molecular flexibility index (Phi) is 5.17. The van der Waals surface area contributed by atoms with Gasteiger partial charge in [0.05, 0.1) is 13.0 Å². The Bertz CT molecular complexity index is 434. The number of hydrogen-bond acceptors (Lipinski definition) is 4. The third kappa shape index (κ3) is 5.17. The SMILES string of the molecule is COC(=O)C(CN)Cc1cccc(OC(F)(F)F)c1. The number of esters is 1. The lowest BCUT2D eigenvalue weighted by Crippen LogP contribution is -2.26. The van der Waals surface area contributed by atoms with Gasteiger partial charge in [0.2, 0.25) is 0 Å². The van der Waals surface area contributed by atoms with Crippen LogP contribution in [-0.2, 0) is 16.0 Å². The maximum absolute atomic E-state index is 12.1. The zero-order valence-corrected chi connectivity index (χ0v) is 10.2. The molecule has 19 heavy (non-hydrogen) atoms. The lowest BCUT2D eigenvalue weighted by molar-refractivity contribution is -0.274. The molecule has 4 nitrogen and oxygen atoms in total. The van der Waals surface area contributed by atoms with E-state index in [0.717, 1.165) is 0 Å². The summed E-state index contributed by atoms with van der Waals surface area (Å²) >= 11 is 0. The second kappa shape index (κ2) is 6.42. The molecule has 1 unspecified atom stereocenters. The Hall–Kier alpha value is -1.76. The summed E-state index contributed by atoms with van der Waals surface area (Å²) in [6, 6.07) is 5.42. The molecule has 1 aromatic carbocycles. The summed E-state index contributed by atoms with van der Waals surface area (Å²) in [5, 5.41) is 0. The molecule has 1 rings (SSSR count). The number of ether oxygens (including phenoxy) is 2. The van der Waals surface area contributed by atoms with Gasteiger partial charge in [-0.05, 0) is 24.1 Å². The molecule has 106 valence electrons. The largest absolute Gasteiger partial charge is 0.573 e. The van der Waals surface area contributed by atoms with E-state index in [2.05, 4.69) is 9.47 Å². The molecule has 0 amide bonds. The minimum Gasteiger partial charge on any atom is -0.469 e. The average molecular weight is 277 g/mol. The van der Waals surface area contributed by atoms with Crippen molar-refractivity contribution in [2.24, 2.45) is 11.7 Å². The van der Waals surface area contributed by atoms with Crippen molar-refractivity contribution in [3.05, 3.63) is 29.8 Å². The number of carbonyl (C=O) groups excluding carboxylic acids is 1. The first kappa shape index (κ1) is 15.3. The number of halogens is 3. The minimum absolute atomic E-state index is 0.0526. The van der Waals surface area contributed by atoms with Gasteiger partial charge in [-0.15, -0.1) is 13.2 Å². The summed E-state index contributed by atoms with van der Waals surface area (Å²) in [6.07, 6.45) is -4.55. The smallest absolute Gasteiger partial charge is 0.469 e. The van der Waals surface area contributed by atoms with Gasteiger partial charge >= 0.3 is 12.3 Å². The van der Waals surface area contributed by atoms with Crippen LogP contribution in [-0.4, -0.2) is 26.0 Å².